The molecule has 1 N–H and O–H groups in total. The first-order valence-corrected chi connectivity index (χ1v) is 7.25. The maximum absolute atomic E-state index is 5.89. The smallest absolute Gasteiger partial charge is 0.119 e. The molecule has 0 bridgehead atoms. The van der Waals surface area contributed by atoms with Gasteiger partial charge in [-0.2, -0.15) is 0 Å². The minimum absolute atomic E-state index is 0.556. The van der Waals surface area contributed by atoms with Crippen LogP contribution >= 0.6 is 0 Å². The van der Waals surface area contributed by atoms with Crippen molar-refractivity contribution in [1.29, 1.82) is 0 Å². The van der Waals surface area contributed by atoms with Crippen LogP contribution in [0.2, 0.25) is 0 Å². The minimum atomic E-state index is 0.556. The minimum Gasteiger partial charge on any atom is -0.493 e. The Balaban J connectivity index is 1.86. The second kappa shape index (κ2) is 6.79. The van der Waals surface area contributed by atoms with E-state index < -0.39 is 0 Å². The van der Waals surface area contributed by atoms with E-state index in [9.17, 15) is 0 Å². The summed E-state index contributed by atoms with van der Waals surface area (Å²) in [4.78, 5) is 0. The van der Waals surface area contributed by atoms with Gasteiger partial charge in [0.25, 0.3) is 0 Å². The third-order valence-corrected chi connectivity index (χ3v) is 3.60. The van der Waals surface area contributed by atoms with Crippen molar-refractivity contribution in [2.45, 2.75) is 39.5 Å². The molecule has 2 heteroatoms. The number of nitrogens with one attached hydrogen (secondary N) is 1. The topological polar surface area (TPSA) is 21.3 Å². The average Bonchev–Trinajstić information content (AvgIpc) is 2.42. The van der Waals surface area contributed by atoms with Crippen molar-refractivity contribution in [3.63, 3.8) is 0 Å². The van der Waals surface area contributed by atoms with Gasteiger partial charge in [-0.25, -0.2) is 0 Å². The van der Waals surface area contributed by atoms with Crippen LogP contribution in [0.1, 0.15) is 37.8 Å². The summed E-state index contributed by atoms with van der Waals surface area (Å²) in [6.07, 6.45) is 5.13. The summed E-state index contributed by atoms with van der Waals surface area (Å²) >= 11 is 0. The second-order valence-corrected chi connectivity index (χ2v) is 5.36. The molecule has 1 aliphatic carbocycles. The largest absolute Gasteiger partial charge is 0.493 e. The Morgan fingerprint density at radius 1 is 1.22 bits per heavy atom. The molecular weight excluding hydrogens is 222 g/mol. The lowest BCUT2D eigenvalue weighted by Crippen LogP contribution is -2.24. The van der Waals surface area contributed by atoms with Gasteiger partial charge in [0.2, 0.25) is 0 Å². The van der Waals surface area contributed by atoms with Crippen molar-refractivity contribution in [2.75, 3.05) is 19.7 Å². The molecule has 0 aliphatic heterocycles. The zero-order chi connectivity index (χ0) is 12.8. The maximum atomic E-state index is 5.89. The second-order valence-electron chi connectivity index (χ2n) is 5.36. The van der Waals surface area contributed by atoms with Gasteiger partial charge in [-0.05, 0) is 55.5 Å². The number of benzene rings is 1. The first kappa shape index (κ1) is 13.4. The molecule has 0 amide bonds. The summed E-state index contributed by atoms with van der Waals surface area (Å²) in [7, 11) is 0. The van der Waals surface area contributed by atoms with E-state index in [1.54, 1.807) is 0 Å². The Labute approximate surface area is 111 Å². The Kier molecular flexibility index (Phi) is 5.06. The number of rotatable bonds is 6. The highest BCUT2D eigenvalue weighted by Gasteiger charge is 2.10. The fourth-order valence-corrected chi connectivity index (χ4v) is 2.49. The first-order chi connectivity index (χ1) is 8.79. The Hall–Kier alpha value is -1.02. The quantitative estimate of drug-likeness (QED) is 0.833. The van der Waals surface area contributed by atoms with Crippen molar-refractivity contribution >= 4 is 0 Å². The standard InChI is InChI=1S/C16H25NO/c1-3-17-11-13(2)12-18-16-9-8-14-6-4-5-7-15(14)10-16/h8-10,13,17H,3-7,11-12H2,1-2H3. The van der Waals surface area contributed by atoms with Crippen molar-refractivity contribution in [3.8, 4) is 5.75 Å². The third kappa shape index (κ3) is 3.74. The summed E-state index contributed by atoms with van der Waals surface area (Å²) in [5.41, 5.74) is 3.02. The molecule has 1 aliphatic rings. The van der Waals surface area contributed by atoms with E-state index in [0.717, 1.165) is 25.4 Å². The molecule has 2 nitrogen and oxygen atoms in total. The van der Waals surface area contributed by atoms with Gasteiger partial charge < -0.3 is 10.1 Å². The zero-order valence-corrected chi connectivity index (χ0v) is 11.7. The Morgan fingerprint density at radius 2 is 2.00 bits per heavy atom. The van der Waals surface area contributed by atoms with Crippen LogP contribution in [0.4, 0.5) is 0 Å². The van der Waals surface area contributed by atoms with Crippen LogP contribution in [0, 0.1) is 5.92 Å². The van der Waals surface area contributed by atoms with Gasteiger partial charge in [-0.1, -0.05) is 19.9 Å². The lowest BCUT2D eigenvalue weighted by atomic mass is 9.92. The van der Waals surface area contributed by atoms with Gasteiger partial charge in [0, 0.05) is 12.5 Å². The van der Waals surface area contributed by atoms with Crippen LogP contribution in [-0.2, 0) is 12.8 Å². The highest BCUT2D eigenvalue weighted by Crippen LogP contribution is 2.25. The van der Waals surface area contributed by atoms with Crippen LogP contribution < -0.4 is 10.1 Å². The van der Waals surface area contributed by atoms with Gasteiger partial charge in [0.05, 0.1) is 6.61 Å². The van der Waals surface area contributed by atoms with E-state index in [1.807, 2.05) is 0 Å². The van der Waals surface area contributed by atoms with Gasteiger partial charge in [-0.15, -0.1) is 0 Å². The van der Waals surface area contributed by atoms with E-state index in [4.69, 9.17) is 4.74 Å². The third-order valence-electron chi connectivity index (χ3n) is 3.60. The number of fused-ring (bicyclic) bond motifs is 1. The van der Waals surface area contributed by atoms with E-state index in [1.165, 1.54) is 36.8 Å². The summed E-state index contributed by atoms with van der Waals surface area (Å²) in [5, 5.41) is 3.35. The molecule has 1 atom stereocenters. The van der Waals surface area contributed by atoms with Crippen LogP contribution in [-0.4, -0.2) is 19.7 Å². The monoisotopic (exact) mass is 247 g/mol. The van der Waals surface area contributed by atoms with E-state index in [0.29, 0.717) is 5.92 Å². The predicted octanol–water partition coefficient (Wildman–Crippen LogP) is 3.19. The zero-order valence-electron chi connectivity index (χ0n) is 11.7. The van der Waals surface area contributed by atoms with Crippen LogP contribution in [0.3, 0.4) is 0 Å². The van der Waals surface area contributed by atoms with Crippen molar-refractivity contribution < 1.29 is 4.74 Å². The molecule has 1 aromatic rings. The molecule has 18 heavy (non-hydrogen) atoms. The SMILES string of the molecule is CCNCC(C)COc1ccc2c(c1)CCCC2. The van der Waals surface area contributed by atoms with Crippen LogP contribution in [0.15, 0.2) is 18.2 Å². The van der Waals surface area contributed by atoms with Gasteiger partial charge in [-0.3, -0.25) is 0 Å². The molecular formula is C16H25NO. The van der Waals surface area contributed by atoms with Crippen molar-refractivity contribution in [2.24, 2.45) is 5.92 Å². The Morgan fingerprint density at radius 3 is 2.78 bits per heavy atom. The summed E-state index contributed by atoms with van der Waals surface area (Å²) in [6, 6.07) is 6.62. The molecule has 0 radical (unpaired) electrons. The summed E-state index contributed by atoms with van der Waals surface area (Å²) in [6.45, 7) is 7.22. The van der Waals surface area contributed by atoms with Gasteiger partial charge in [0.15, 0.2) is 0 Å². The van der Waals surface area contributed by atoms with E-state index in [-0.39, 0.29) is 0 Å². The molecule has 0 aromatic heterocycles. The lowest BCUT2D eigenvalue weighted by molar-refractivity contribution is 0.256. The molecule has 2 rings (SSSR count). The summed E-state index contributed by atoms with van der Waals surface area (Å²) < 4.78 is 5.89. The molecule has 0 spiro atoms. The first-order valence-electron chi connectivity index (χ1n) is 7.25. The number of aryl methyl sites for hydroxylation is 2. The molecule has 100 valence electrons. The lowest BCUT2D eigenvalue weighted by Gasteiger charge is -2.18. The van der Waals surface area contributed by atoms with Crippen molar-refractivity contribution in [3.05, 3.63) is 29.3 Å². The number of hydrogen-bond donors (Lipinski definition) is 1. The molecule has 0 saturated carbocycles. The Bertz CT molecular complexity index is 375. The number of hydrogen-bond acceptors (Lipinski definition) is 2. The summed E-state index contributed by atoms with van der Waals surface area (Å²) in [5.74, 6) is 1.60. The highest BCUT2D eigenvalue weighted by atomic mass is 16.5. The highest BCUT2D eigenvalue weighted by molar-refractivity contribution is 5.37. The molecule has 0 fully saturated rings. The van der Waals surface area contributed by atoms with E-state index >= 15 is 0 Å². The maximum Gasteiger partial charge on any atom is 0.119 e. The molecule has 1 aromatic carbocycles. The molecule has 0 saturated heterocycles. The average molecular weight is 247 g/mol. The van der Waals surface area contributed by atoms with Crippen LogP contribution in [0.25, 0.3) is 0 Å². The normalized spacial score (nSPS) is 16.1. The van der Waals surface area contributed by atoms with Gasteiger partial charge >= 0.3 is 0 Å². The fourth-order valence-electron chi connectivity index (χ4n) is 2.49. The van der Waals surface area contributed by atoms with Crippen molar-refractivity contribution in [1.82, 2.24) is 5.32 Å². The van der Waals surface area contributed by atoms with Crippen LogP contribution in [0.5, 0.6) is 5.75 Å². The molecule has 0 heterocycles. The molecule has 1 unspecified atom stereocenters. The van der Waals surface area contributed by atoms with Gasteiger partial charge in [0.1, 0.15) is 5.75 Å². The predicted molar refractivity (Wildman–Crippen MR) is 76.3 cm³/mol. The van der Waals surface area contributed by atoms with E-state index in [2.05, 4.69) is 37.4 Å². The fraction of sp³-hybridized carbons (Fsp3) is 0.625. The number of ether oxygens (including phenoxy) is 1.